The summed E-state index contributed by atoms with van der Waals surface area (Å²) in [6, 6.07) is 5.83. The zero-order chi connectivity index (χ0) is 14.5. The molecule has 1 unspecified atom stereocenters. The average Bonchev–Trinajstić information content (AvgIpc) is 2.33. The molecule has 1 rings (SSSR count). The monoisotopic (exact) mass is 349 g/mol. The Morgan fingerprint density at radius 1 is 1.42 bits per heavy atom. The molecule has 1 atom stereocenters. The number of hydrogen-bond donors (Lipinski definition) is 1. The lowest BCUT2D eigenvalue weighted by Gasteiger charge is -2.19. The molecule has 0 aromatic heterocycles. The highest BCUT2D eigenvalue weighted by atomic mass is 79.9. The first-order valence-corrected chi connectivity index (χ1v) is 8.97. The van der Waals surface area contributed by atoms with Crippen LogP contribution in [-0.4, -0.2) is 34.1 Å². The van der Waals surface area contributed by atoms with Gasteiger partial charge < -0.3 is 10.1 Å². The molecule has 108 valence electrons. The van der Waals surface area contributed by atoms with Gasteiger partial charge in [-0.2, -0.15) is 0 Å². The maximum atomic E-state index is 11.3. The van der Waals surface area contributed by atoms with Crippen molar-refractivity contribution < 1.29 is 13.2 Å². The van der Waals surface area contributed by atoms with E-state index in [-0.39, 0.29) is 11.8 Å². The minimum absolute atomic E-state index is 0.0296. The lowest BCUT2D eigenvalue weighted by atomic mass is 10.0. The molecule has 0 saturated carbocycles. The molecule has 6 heteroatoms. The van der Waals surface area contributed by atoms with Gasteiger partial charge >= 0.3 is 0 Å². The Morgan fingerprint density at radius 3 is 2.58 bits per heavy atom. The number of nitrogens with one attached hydrogen (secondary N) is 1. The summed E-state index contributed by atoms with van der Waals surface area (Å²) in [4.78, 5) is 0. The summed E-state index contributed by atoms with van der Waals surface area (Å²) in [5, 5.41) is 3.31. The van der Waals surface area contributed by atoms with Crippen LogP contribution in [0, 0.1) is 0 Å². The summed E-state index contributed by atoms with van der Waals surface area (Å²) in [6.07, 6.45) is 1.82. The minimum Gasteiger partial charge on any atom is -0.496 e. The molecule has 0 amide bonds. The molecular weight excluding hydrogens is 330 g/mol. The summed E-state index contributed by atoms with van der Waals surface area (Å²) >= 11 is 3.45. The van der Waals surface area contributed by atoms with Crippen LogP contribution in [-0.2, 0) is 9.84 Å². The van der Waals surface area contributed by atoms with Crippen molar-refractivity contribution >= 4 is 25.8 Å². The molecule has 0 aliphatic rings. The second-order valence-electron chi connectivity index (χ2n) is 4.42. The van der Waals surface area contributed by atoms with E-state index in [9.17, 15) is 8.42 Å². The molecule has 0 heterocycles. The predicted molar refractivity (Wildman–Crippen MR) is 81.4 cm³/mol. The Kier molecular flexibility index (Phi) is 6.29. The van der Waals surface area contributed by atoms with Crippen molar-refractivity contribution in [2.45, 2.75) is 19.4 Å². The predicted octanol–water partition coefficient (Wildman–Crippen LogP) is 2.54. The van der Waals surface area contributed by atoms with E-state index < -0.39 is 9.84 Å². The molecule has 0 aliphatic carbocycles. The van der Waals surface area contributed by atoms with Gasteiger partial charge in [-0.25, -0.2) is 8.42 Å². The largest absolute Gasteiger partial charge is 0.496 e. The number of rotatable bonds is 7. The molecule has 1 aromatic carbocycles. The quantitative estimate of drug-likeness (QED) is 0.821. The normalized spacial score (nSPS) is 13.3. The van der Waals surface area contributed by atoms with E-state index >= 15 is 0 Å². The van der Waals surface area contributed by atoms with Crippen LogP contribution >= 0.6 is 15.9 Å². The SMILES string of the molecule is CCNC(CCS(C)(=O)=O)c1ccc(OC)c(Br)c1. The van der Waals surface area contributed by atoms with Crippen molar-refractivity contribution in [1.82, 2.24) is 5.32 Å². The van der Waals surface area contributed by atoms with E-state index in [0.29, 0.717) is 6.42 Å². The van der Waals surface area contributed by atoms with Gasteiger partial charge in [-0.15, -0.1) is 0 Å². The molecular formula is C13H20BrNO3S. The number of benzene rings is 1. The van der Waals surface area contributed by atoms with Crippen molar-refractivity contribution in [2.75, 3.05) is 25.7 Å². The summed E-state index contributed by atoms with van der Waals surface area (Å²) < 4.78 is 28.6. The average molecular weight is 350 g/mol. The van der Waals surface area contributed by atoms with Crippen LogP contribution in [0.1, 0.15) is 24.9 Å². The molecule has 1 N–H and O–H groups in total. The van der Waals surface area contributed by atoms with Gasteiger partial charge in [0.05, 0.1) is 17.3 Å². The van der Waals surface area contributed by atoms with E-state index in [2.05, 4.69) is 21.2 Å². The first kappa shape index (κ1) is 16.5. The highest BCUT2D eigenvalue weighted by Crippen LogP contribution is 2.29. The second-order valence-corrected chi connectivity index (χ2v) is 7.54. The molecule has 0 radical (unpaired) electrons. The zero-order valence-electron chi connectivity index (χ0n) is 11.4. The van der Waals surface area contributed by atoms with Gasteiger partial charge in [0.25, 0.3) is 0 Å². The van der Waals surface area contributed by atoms with Crippen molar-refractivity contribution in [3.8, 4) is 5.75 Å². The van der Waals surface area contributed by atoms with Crippen molar-refractivity contribution in [3.05, 3.63) is 28.2 Å². The van der Waals surface area contributed by atoms with E-state index in [4.69, 9.17) is 4.74 Å². The minimum atomic E-state index is -2.94. The van der Waals surface area contributed by atoms with Crippen LogP contribution in [0.15, 0.2) is 22.7 Å². The molecule has 0 saturated heterocycles. The molecule has 19 heavy (non-hydrogen) atoms. The van der Waals surface area contributed by atoms with Gasteiger partial charge in [0, 0.05) is 12.3 Å². The fraction of sp³-hybridized carbons (Fsp3) is 0.538. The van der Waals surface area contributed by atoms with Crippen LogP contribution in [0.4, 0.5) is 0 Å². The lowest BCUT2D eigenvalue weighted by Crippen LogP contribution is -2.23. The molecule has 0 aliphatic heterocycles. The molecule has 0 fully saturated rings. The summed E-state index contributed by atoms with van der Waals surface area (Å²) in [5.41, 5.74) is 1.05. The number of methoxy groups -OCH3 is 1. The smallest absolute Gasteiger partial charge is 0.147 e. The van der Waals surface area contributed by atoms with Crippen LogP contribution in [0.5, 0.6) is 5.75 Å². The fourth-order valence-electron chi connectivity index (χ4n) is 1.86. The standard InChI is InChI=1S/C13H20BrNO3S/c1-4-15-12(7-8-19(3,16)17)10-5-6-13(18-2)11(14)9-10/h5-6,9,12,15H,4,7-8H2,1-3H3. The highest BCUT2D eigenvalue weighted by molar-refractivity contribution is 9.10. The van der Waals surface area contributed by atoms with E-state index in [0.717, 1.165) is 22.3 Å². The Morgan fingerprint density at radius 2 is 2.11 bits per heavy atom. The third-order valence-electron chi connectivity index (χ3n) is 2.81. The van der Waals surface area contributed by atoms with Crippen LogP contribution in [0.25, 0.3) is 0 Å². The first-order chi connectivity index (χ1) is 8.87. The zero-order valence-corrected chi connectivity index (χ0v) is 13.8. The Balaban J connectivity index is 2.89. The van der Waals surface area contributed by atoms with E-state index in [1.165, 1.54) is 6.26 Å². The maximum absolute atomic E-state index is 11.3. The Labute approximate surface area is 123 Å². The molecule has 0 bridgehead atoms. The fourth-order valence-corrected chi connectivity index (χ4v) is 3.09. The molecule has 4 nitrogen and oxygen atoms in total. The Bertz CT molecular complexity index is 517. The first-order valence-electron chi connectivity index (χ1n) is 6.12. The van der Waals surface area contributed by atoms with Gasteiger partial charge in [0.15, 0.2) is 0 Å². The third-order valence-corrected chi connectivity index (χ3v) is 4.40. The van der Waals surface area contributed by atoms with Gasteiger partial charge in [0.2, 0.25) is 0 Å². The lowest BCUT2D eigenvalue weighted by molar-refractivity contribution is 0.411. The number of ether oxygens (including phenoxy) is 1. The van der Waals surface area contributed by atoms with Crippen LogP contribution in [0.3, 0.4) is 0 Å². The van der Waals surface area contributed by atoms with E-state index in [1.807, 2.05) is 25.1 Å². The summed E-state index contributed by atoms with van der Waals surface area (Å²) in [5.74, 6) is 0.941. The van der Waals surface area contributed by atoms with Crippen molar-refractivity contribution in [1.29, 1.82) is 0 Å². The third kappa shape index (κ3) is 5.50. The van der Waals surface area contributed by atoms with Crippen LogP contribution < -0.4 is 10.1 Å². The molecule has 0 spiro atoms. The van der Waals surface area contributed by atoms with Crippen molar-refractivity contribution in [3.63, 3.8) is 0 Å². The second kappa shape index (κ2) is 7.26. The van der Waals surface area contributed by atoms with Gasteiger partial charge in [-0.3, -0.25) is 0 Å². The highest BCUT2D eigenvalue weighted by Gasteiger charge is 2.14. The number of halogens is 1. The van der Waals surface area contributed by atoms with Crippen molar-refractivity contribution in [2.24, 2.45) is 0 Å². The molecule has 1 aromatic rings. The van der Waals surface area contributed by atoms with Gasteiger partial charge in [0.1, 0.15) is 15.6 Å². The summed E-state index contributed by atoms with van der Waals surface area (Å²) in [6.45, 7) is 2.80. The number of hydrogen-bond acceptors (Lipinski definition) is 4. The maximum Gasteiger partial charge on any atom is 0.147 e. The van der Waals surface area contributed by atoms with Gasteiger partial charge in [-0.1, -0.05) is 13.0 Å². The van der Waals surface area contributed by atoms with Crippen LogP contribution in [0.2, 0.25) is 0 Å². The summed E-state index contributed by atoms with van der Waals surface area (Å²) in [7, 11) is -1.33. The van der Waals surface area contributed by atoms with E-state index in [1.54, 1.807) is 7.11 Å². The van der Waals surface area contributed by atoms with Gasteiger partial charge in [-0.05, 0) is 46.6 Å². The number of sulfone groups is 1. The topological polar surface area (TPSA) is 55.4 Å². The Hall–Kier alpha value is -0.590.